The highest BCUT2D eigenvalue weighted by Crippen LogP contribution is 2.22. The minimum absolute atomic E-state index is 0.406. The third-order valence-electron chi connectivity index (χ3n) is 3.21. The second-order valence-corrected chi connectivity index (χ2v) is 5.29. The van der Waals surface area contributed by atoms with Crippen molar-refractivity contribution in [1.29, 1.82) is 0 Å². The van der Waals surface area contributed by atoms with Crippen molar-refractivity contribution < 1.29 is 0 Å². The highest BCUT2D eigenvalue weighted by molar-refractivity contribution is 7.07. The predicted octanol–water partition coefficient (Wildman–Crippen LogP) is 3.73. The second-order valence-electron chi connectivity index (χ2n) is 4.51. The van der Waals surface area contributed by atoms with Crippen molar-refractivity contribution >= 4 is 11.3 Å². The lowest BCUT2D eigenvalue weighted by molar-refractivity contribution is 0.512. The molecule has 2 heterocycles. The van der Waals surface area contributed by atoms with Crippen LogP contribution in [0.25, 0.3) is 0 Å². The molecule has 0 radical (unpaired) electrons. The zero-order valence-electron chi connectivity index (χ0n) is 11.0. The van der Waals surface area contributed by atoms with E-state index in [-0.39, 0.29) is 0 Å². The average Bonchev–Trinajstić information content (AvgIpc) is 2.88. The Morgan fingerprint density at radius 2 is 2.28 bits per heavy atom. The Morgan fingerprint density at radius 3 is 2.94 bits per heavy atom. The number of hydrogen-bond donors (Lipinski definition) is 1. The van der Waals surface area contributed by atoms with Crippen molar-refractivity contribution in [1.82, 2.24) is 10.3 Å². The smallest absolute Gasteiger partial charge is 0.0341 e. The molecule has 1 N–H and O–H groups in total. The summed E-state index contributed by atoms with van der Waals surface area (Å²) in [6.45, 7) is 5.30. The van der Waals surface area contributed by atoms with Gasteiger partial charge in [-0.25, -0.2) is 0 Å². The molecule has 0 amide bonds. The zero-order chi connectivity index (χ0) is 12.8. The molecule has 0 spiro atoms. The van der Waals surface area contributed by atoms with Crippen molar-refractivity contribution in [2.45, 2.75) is 32.7 Å². The fourth-order valence-corrected chi connectivity index (χ4v) is 2.90. The lowest BCUT2D eigenvalue weighted by atomic mass is 9.98. The molecule has 0 fully saturated rings. The largest absolute Gasteiger partial charge is 0.310 e. The lowest BCUT2D eigenvalue weighted by Crippen LogP contribution is -2.22. The summed E-state index contributed by atoms with van der Waals surface area (Å²) in [5.74, 6) is 0. The van der Waals surface area contributed by atoms with E-state index in [0.29, 0.717) is 6.04 Å². The molecule has 2 nitrogen and oxygen atoms in total. The van der Waals surface area contributed by atoms with Gasteiger partial charge in [-0.15, -0.1) is 0 Å². The maximum atomic E-state index is 4.26. The second kappa shape index (κ2) is 6.66. The van der Waals surface area contributed by atoms with Gasteiger partial charge in [0.05, 0.1) is 0 Å². The normalized spacial score (nSPS) is 12.6. The van der Waals surface area contributed by atoms with Crippen LogP contribution in [0.4, 0.5) is 0 Å². The van der Waals surface area contributed by atoms with E-state index in [4.69, 9.17) is 0 Å². The quantitative estimate of drug-likeness (QED) is 0.856. The molecule has 96 valence electrons. The Morgan fingerprint density at radius 1 is 1.39 bits per heavy atom. The molecular weight excluding hydrogens is 240 g/mol. The minimum Gasteiger partial charge on any atom is -0.310 e. The van der Waals surface area contributed by atoms with Gasteiger partial charge in [0.1, 0.15) is 0 Å². The Kier molecular flexibility index (Phi) is 4.90. The van der Waals surface area contributed by atoms with Crippen LogP contribution >= 0.6 is 11.3 Å². The fourth-order valence-electron chi connectivity index (χ4n) is 2.20. The van der Waals surface area contributed by atoms with Crippen molar-refractivity contribution in [3.63, 3.8) is 0 Å². The predicted molar refractivity (Wildman–Crippen MR) is 78.0 cm³/mol. The van der Waals surface area contributed by atoms with Crippen LogP contribution < -0.4 is 5.32 Å². The van der Waals surface area contributed by atoms with Crippen LogP contribution in [0.1, 0.15) is 36.1 Å². The highest BCUT2D eigenvalue weighted by Gasteiger charge is 2.12. The summed E-state index contributed by atoms with van der Waals surface area (Å²) in [5.41, 5.74) is 4.08. The van der Waals surface area contributed by atoms with E-state index in [2.05, 4.69) is 47.0 Å². The standard InChI is InChI=1S/C15H20N2S/c1-3-17-15(5-4-13-7-9-18-11-13)14-10-16-8-6-12(14)2/h6-11,15,17H,3-5H2,1-2H3. The number of hydrogen-bond acceptors (Lipinski definition) is 3. The van der Waals surface area contributed by atoms with Crippen LogP contribution in [0, 0.1) is 6.92 Å². The fraction of sp³-hybridized carbons (Fsp3) is 0.400. The van der Waals surface area contributed by atoms with Gasteiger partial charge in [-0.05, 0) is 65.9 Å². The topological polar surface area (TPSA) is 24.9 Å². The van der Waals surface area contributed by atoms with Gasteiger partial charge in [0.15, 0.2) is 0 Å². The van der Waals surface area contributed by atoms with E-state index in [1.807, 2.05) is 12.4 Å². The minimum atomic E-state index is 0.406. The molecule has 3 heteroatoms. The van der Waals surface area contributed by atoms with Crippen LogP contribution in [-0.2, 0) is 6.42 Å². The first kappa shape index (κ1) is 13.2. The van der Waals surface area contributed by atoms with Crippen molar-refractivity contribution in [3.8, 4) is 0 Å². The summed E-state index contributed by atoms with van der Waals surface area (Å²) in [6, 6.07) is 4.71. The Labute approximate surface area is 113 Å². The molecule has 0 saturated carbocycles. The first-order valence-electron chi connectivity index (χ1n) is 6.46. The van der Waals surface area contributed by atoms with Crippen molar-refractivity contribution in [3.05, 3.63) is 52.0 Å². The molecule has 18 heavy (non-hydrogen) atoms. The number of aryl methyl sites for hydroxylation is 2. The molecule has 2 rings (SSSR count). The molecule has 2 aromatic rings. The van der Waals surface area contributed by atoms with Gasteiger partial charge in [-0.2, -0.15) is 11.3 Å². The molecule has 1 unspecified atom stereocenters. The number of rotatable bonds is 6. The summed E-state index contributed by atoms with van der Waals surface area (Å²) in [6.07, 6.45) is 6.10. The summed E-state index contributed by atoms with van der Waals surface area (Å²) in [7, 11) is 0. The van der Waals surface area contributed by atoms with Gasteiger partial charge in [0, 0.05) is 18.4 Å². The number of thiophene rings is 1. The van der Waals surface area contributed by atoms with Gasteiger partial charge >= 0.3 is 0 Å². The monoisotopic (exact) mass is 260 g/mol. The Bertz CT molecular complexity index is 465. The Balaban J connectivity index is 2.06. The SMILES string of the molecule is CCNC(CCc1ccsc1)c1cnccc1C. The van der Waals surface area contributed by atoms with Crippen LogP contribution in [0.3, 0.4) is 0 Å². The first-order valence-corrected chi connectivity index (χ1v) is 7.40. The summed E-state index contributed by atoms with van der Waals surface area (Å²) in [5, 5.41) is 7.95. The molecule has 0 aromatic carbocycles. The van der Waals surface area contributed by atoms with E-state index in [0.717, 1.165) is 19.4 Å². The third-order valence-corrected chi connectivity index (χ3v) is 3.94. The van der Waals surface area contributed by atoms with Crippen molar-refractivity contribution in [2.75, 3.05) is 6.54 Å². The molecule has 0 aliphatic rings. The number of pyridine rings is 1. The molecule has 2 aromatic heterocycles. The molecule has 0 aliphatic heterocycles. The summed E-state index contributed by atoms with van der Waals surface area (Å²) < 4.78 is 0. The van der Waals surface area contributed by atoms with Gasteiger partial charge in [0.25, 0.3) is 0 Å². The third kappa shape index (κ3) is 3.40. The number of aromatic nitrogens is 1. The molecule has 0 bridgehead atoms. The van der Waals surface area contributed by atoms with E-state index in [1.54, 1.807) is 11.3 Å². The van der Waals surface area contributed by atoms with Gasteiger partial charge in [-0.1, -0.05) is 6.92 Å². The van der Waals surface area contributed by atoms with E-state index < -0.39 is 0 Å². The summed E-state index contributed by atoms with van der Waals surface area (Å²) in [4.78, 5) is 4.26. The number of nitrogens with zero attached hydrogens (tertiary/aromatic N) is 1. The van der Waals surface area contributed by atoms with Crippen LogP contribution in [0.5, 0.6) is 0 Å². The zero-order valence-corrected chi connectivity index (χ0v) is 11.8. The van der Waals surface area contributed by atoms with Gasteiger partial charge < -0.3 is 5.32 Å². The van der Waals surface area contributed by atoms with E-state index in [1.165, 1.54) is 16.7 Å². The van der Waals surface area contributed by atoms with E-state index in [9.17, 15) is 0 Å². The van der Waals surface area contributed by atoms with Gasteiger partial charge in [0.2, 0.25) is 0 Å². The maximum absolute atomic E-state index is 4.26. The lowest BCUT2D eigenvalue weighted by Gasteiger charge is -2.19. The average molecular weight is 260 g/mol. The molecule has 1 atom stereocenters. The molecule has 0 aliphatic carbocycles. The molecular formula is C15H20N2S. The van der Waals surface area contributed by atoms with Crippen LogP contribution in [0.15, 0.2) is 35.3 Å². The van der Waals surface area contributed by atoms with Crippen molar-refractivity contribution in [2.24, 2.45) is 0 Å². The first-order chi connectivity index (χ1) is 8.81. The maximum Gasteiger partial charge on any atom is 0.0341 e. The van der Waals surface area contributed by atoms with Crippen LogP contribution in [-0.4, -0.2) is 11.5 Å². The highest BCUT2D eigenvalue weighted by atomic mass is 32.1. The molecule has 0 saturated heterocycles. The van der Waals surface area contributed by atoms with Crippen LogP contribution in [0.2, 0.25) is 0 Å². The summed E-state index contributed by atoms with van der Waals surface area (Å²) >= 11 is 1.77. The Hall–Kier alpha value is -1.19. The van der Waals surface area contributed by atoms with E-state index >= 15 is 0 Å². The number of nitrogens with one attached hydrogen (secondary N) is 1. The van der Waals surface area contributed by atoms with Gasteiger partial charge in [-0.3, -0.25) is 4.98 Å².